The fraction of sp³-hybridized carbons (Fsp3) is 0.467. The SMILES string of the molecule is CCCn1nncc1C(NC)C(C)Oc1cccc(Cl)c1. The molecule has 1 aromatic heterocycles. The van der Waals surface area contributed by atoms with Crippen molar-refractivity contribution >= 4 is 11.6 Å². The molecule has 2 unspecified atom stereocenters. The zero-order valence-electron chi connectivity index (χ0n) is 12.6. The number of aromatic nitrogens is 3. The highest BCUT2D eigenvalue weighted by Crippen LogP contribution is 2.23. The highest BCUT2D eigenvalue weighted by Gasteiger charge is 2.23. The molecule has 1 heterocycles. The fourth-order valence-electron chi connectivity index (χ4n) is 2.34. The van der Waals surface area contributed by atoms with Crippen LogP contribution in [-0.4, -0.2) is 28.1 Å². The number of hydrogen-bond acceptors (Lipinski definition) is 4. The Hall–Kier alpha value is -1.59. The van der Waals surface area contributed by atoms with E-state index in [9.17, 15) is 0 Å². The van der Waals surface area contributed by atoms with Crippen molar-refractivity contribution in [2.75, 3.05) is 7.05 Å². The number of likely N-dealkylation sites (N-methyl/N-ethyl adjacent to an activating group) is 1. The van der Waals surface area contributed by atoms with Crippen LogP contribution in [0, 0.1) is 0 Å². The Bertz CT molecular complexity index is 572. The van der Waals surface area contributed by atoms with E-state index in [-0.39, 0.29) is 12.1 Å². The number of nitrogens with one attached hydrogen (secondary N) is 1. The molecule has 0 saturated heterocycles. The summed E-state index contributed by atoms with van der Waals surface area (Å²) in [6.07, 6.45) is 2.72. The molecule has 2 atom stereocenters. The van der Waals surface area contributed by atoms with Crippen molar-refractivity contribution in [3.05, 3.63) is 41.2 Å². The van der Waals surface area contributed by atoms with Gasteiger partial charge in [-0.3, -0.25) is 0 Å². The van der Waals surface area contributed by atoms with Crippen molar-refractivity contribution in [3.63, 3.8) is 0 Å². The van der Waals surface area contributed by atoms with E-state index in [1.807, 2.05) is 42.9 Å². The van der Waals surface area contributed by atoms with Gasteiger partial charge in [-0.15, -0.1) is 5.10 Å². The van der Waals surface area contributed by atoms with E-state index in [2.05, 4.69) is 22.6 Å². The summed E-state index contributed by atoms with van der Waals surface area (Å²) in [5.41, 5.74) is 1.02. The minimum Gasteiger partial charge on any atom is -0.489 e. The molecule has 2 aromatic rings. The average Bonchev–Trinajstić information content (AvgIpc) is 2.88. The molecule has 2 rings (SSSR count). The molecule has 114 valence electrons. The van der Waals surface area contributed by atoms with Gasteiger partial charge in [0.1, 0.15) is 11.9 Å². The van der Waals surface area contributed by atoms with Gasteiger partial charge >= 0.3 is 0 Å². The molecule has 1 N–H and O–H groups in total. The van der Waals surface area contributed by atoms with Crippen LogP contribution >= 0.6 is 11.6 Å². The monoisotopic (exact) mass is 308 g/mol. The number of aryl methyl sites for hydroxylation is 1. The lowest BCUT2D eigenvalue weighted by Crippen LogP contribution is -2.33. The lowest BCUT2D eigenvalue weighted by molar-refractivity contribution is 0.170. The van der Waals surface area contributed by atoms with Crippen LogP contribution in [0.4, 0.5) is 0 Å². The third-order valence-electron chi connectivity index (χ3n) is 3.30. The maximum atomic E-state index is 5.99. The van der Waals surface area contributed by atoms with E-state index in [0.717, 1.165) is 24.4 Å². The van der Waals surface area contributed by atoms with E-state index in [1.54, 1.807) is 6.20 Å². The quantitative estimate of drug-likeness (QED) is 0.854. The van der Waals surface area contributed by atoms with Gasteiger partial charge in [-0.05, 0) is 38.6 Å². The van der Waals surface area contributed by atoms with E-state index >= 15 is 0 Å². The van der Waals surface area contributed by atoms with Gasteiger partial charge < -0.3 is 10.1 Å². The molecule has 21 heavy (non-hydrogen) atoms. The summed E-state index contributed by atoms with van der Waals surface area (Å²) >= 11 is 5.99. The Labute approximate surface area is 130 Å². The molecule has 0 aliphatic rings. The van der Waals surface area contributed by atoms with Crippen molar-refractivity contribution in [1.29, 1.82) is 0 Å². The molecular formula is C15H21ClN4O. The van der Waals surface area contributed by atoms with Crippen molar-refractivity contribution in [2.45, 2.75) is 39.0 Å². The minimum absolute atomic E-state index is 0.00512. The van der Waals surface area contributed by atoms with E-state index < -0.39 is 0 Å². The number of hydrogen-bond donors (Lipinski definition) is 1. The number of nitrogens with zero attached hydrogens (tertiary/aromatic N) is 3. The van der Waals surface area contributed by atoms with Crippen LogP contribution in [0.25, 0.3) is 0 Å². The standard InChI is InChI=1S/C15H21ClN4O/c1-4-8-20-14(10-18-19-20)15(17-3)11(2)21-13-7-5-6-12(16)9-13/h5-7,9-11,15,17H,4,8H2,1-3H3. The lowest BCUT2D eigenvalue weighted by Gasteiger charge is -2.25. The predicted molar refractivity (Wildman–Crippen MR) is 83.7 cm³/mol. The molecule has 0 spiro atoms. The van der Waals surface area contributed by atoms with Gasteiger partial charge in [-0.2, -0.15) is 0 Å². The highest BCUT2D eigenvalue weighted by atomic mass is 35.5. The molecule has 1 aromatic carbocycles. The first-order valence-corrected chi connectivity index (χ1v) is 7.51. The lowest BCUT2D eigenvalue weighted by atomic mass is 10.1. The maximum absolute atomic E-state index is 5.99. The van der Waals surface area contributed by atoms with Crippen molar-refractivity contribution in [2.24, 2.45) is 0 Å². The number of rotatable bonds is 7. The Kier molecular flexibility index (Phi) is 5.59. The van der Waals surface area contributed by atoms with Crippen LogP contribution in [-0.2, 0) is 6.54 Å². The third kappa shape index (κ3) is 3.95. The van der Waals surface area contributed by atoms with Gasteiger partial charge in [0.2, 0.25) is 0 Å². The van der Waals surface area contributed by atoms with Crippen molar-refractivity contribution in [1.82, 2.24) is 20.3 Å². The van der Waals surface area contributed by atoms with Crippen molar-refractivity contribution < 1.29 is 4.74 Å². The van der Waals surface area contributed by atoms with Gasteiger partial charge in [0.05, 0.1) is 17.9 Å². The van der Waals surface area contributed by atoms with Gasteiger partial charge in [0.25, 0.3) is 0 Å². The van der Waals surface area contributed by atoms with Crippen LogP contribution in [0.5, 0.6) is 5.75 Å². The molecule has 6 heteroatoms. The van der Waals surface area contributed by atoms with Crippen LogP contribution in [0.1, 0.15) is 32.0 Å². The minimum atomic E-state index is -0.0810. The molecule has 0 aliphatic heterocycles. The fourth-order valence-corrected chi connectivity index (χ4v) is 2.52. The molecule has 0 radical (unpaired) electrons. The highest BCUT2D eigenvalue weighted by molar-refractivity contribution is 6.30. The largest absolute Gasteiger partial charge is 0.489 e. The summed E-state index contributed by atoms with van der Waals surface area (Å²) in [4.78, 5) is 0. The van der Waals surface area contributed by atoms with Crippen molar-refractivity contribution in [3.8, 4) is 5.75 Å². The summed E-state index contributed by atoms with van der Waals surface area (Å²) in [6.45, 7) is 4.98. The second-order valence-corrected chi connectivity index (χ2v) is 5.37. The second kappa shape index (κ2) is 7.43. The van der Waals surface area contributed by atoms with Gasteiger partial charge in [0.15, 0.2) is 0 Å². The predicted octanol–water partition coefficient (Wildman–Crippen LogP) is 3.07. The van der Waals surface area contributed by atoms with Gasteiger partial charge in [-0.1, -0.05) is 29.8 Å². The van der Waals surface area contributed by atoms with Gasteiger partial charge in [0, 0.05) is 11.6 Å². The summed E-state index contributed by atoms with van der Waals surface area (Å²) in [5, 5.41) is 12.1. The van der Waals surface area contributed by atoms with Gasteiger partial charge in [-0.25, -0.2) is 4.68 Å². The molecule has 0 aliphatic carbocycles. The molecule has 0 bridgehead atoms. The molecule has 0 amide bonds. The Morgan fingerprint density at radius 2 is 2.24 bits per heavy atom. The Morgan fingerprint density at radius 3 is 2.90 bits per heavy atom. The first kappa shape index (κ1) is 15.8. The maximum Gasteiger partial charge on any atom is 0.121 e. The first-order chi connectivity index (χ1) is 10.2. The van der Waals surface area contributed by atoms with E-state index in [4.69, 9.17) is 16.3 Å². The number of halogens is 1. The van der Waals surface area contributed by atoms with Crippen LogP contribution < -0.4 is 10.1 Å². The second-order valence-electron chi connectivity index (χ2n) is 4.93. The topological polar surface area (TPSA) is 52.0 Å². The summed E-state index contributed by atoms with van der Waals surface area (Å²) in [7, 11) is 1.91. The zero-order chi connectivity index (χ0) is 15.2. The van der Waals surface area contributed by atoms with E-state index in [0.29, 0.717) is 5.02 Å². The average molecular weight is 309 g/mol. The first-order valence-electron chi connectivity index (χ1n) is 7.13. The third-order valence-corrected chi connectivity index (χ3v) is 3.54. The number of ether oxygens (including phenoxy) is 1. The van der Waals surface area contributed by atoms with E-state index in [1.165, 1.54) is 0 Å². The Balaban J connectivity index is 2.14. The van der Waals surface area contributed by atoms with Crippen LogP contribution in [0.15, 0.2) is 30.5 Å². The van der Waals surface area contributed by atoms with Crippen LogP contribution in [0.3, 0.4) is 0 Å². The Morgan fingerprint density at radius 1 is 1.43 bits per heavy atom. The molecule has 5 nitrogen and oxygen atoms in total. The molecular weight excluding hydrogens is 288 g/mol. The summed E-state index contributed by atoms with van der Waals surface area (Å²) < 4.78 is 7.90. The molecule has 0 saturated carbocycles. The summed E-state index contributed by atoms with van der Waals surface area (Å²) in [5.74, 6) is 0.754. The normalized spacial score (nSPS) is 13.9. The number of benzene rings is 1. The molecule has 0 fully saturated rings. The summed E-state index contributed by atoms with van der Waals surface area (Å²) in [6, 6.07) is 7.42. The zero-order valence-corrected chi connectivity index (χ0v) is 13.3. The smallest absolute Gasteiger partial charge is 0.121 e. The van der Waals surface area contributed by atoms with Crippen LogP contribution in [0.2, 0.25) is 5.02 Å².